The van der Waals surface area contributed by atoms with E-state index in [9.17, 15) is 0 Å². The summed E-state index contributed by atoms with van der Waals surface area (Å²) in [7, 11) is 0. The van der Waals surface area contributed by atoms with Crippen molar-refractivity contribution in [1.82, 2.24) is 0 Å². The first kappa shape index (κ1) is 17.1. The molecule has 1 rings (SSSR count). The predicted octanol–water partition coefficient (Wildman–Crippen LogP) is 3.99. The Hall–Kier alpha value is 0.716. The van der Waals surface area contributed by atoms with Gasteiger partial charge in [-0.05, 0) is 38.1 Å². The average Bonchev–Trinajstić information content (AvgIpc) is 2.13. The molecule has 0 aliphatic heterocycles. The van der Waals surface area contributed by atoms with Crippen molar-refractivity contribution in [3.63, 3.8) is 0 Å². The summed E-state index contributed by atoms with van der Waals surface area (Å²) in [4.78, 5) is 0. The zero-order valence-corrected chi connectivity index (χ0v) is 12.4. The molecule has 0 unspecified atom stereocenters. The fraction of sp³-hybridized carbons (Fsp3) is 0.400. The van der Waals surface area contributed by atoms with Crippen molar-refractivity contribution in [2.24, 2.45) is 0 Å². The van der Waals surface area contributed by atoms with Gasteiger partial charge in [-0.15, -0.1) is 0 Å². The maximum Gasteiger partial charge on any atom is 2.00 e. The molecule has 0 radical (unpaired) electrons. The average molecular weight is 292 g/mol. The quantitative estimate of drug-likeness (QED) is 0.749. The molecule has 4 heteroatoms. The van der Waals surface area contributed by atoms with Gasteiger partial charge in [0.05, 0.1) is 0 Å². The molecule has 0 saturated carbocycles. The molecule has 78 valence electrons. The third-order valence-corrected chi connectivity index (χ3v) is 1.99. The van der Waals surface area contributed by atoms with Crippen LogP contribution in [0.4, 0.5) is 0 Å². The van der Waals surface area contributed by atoms with Gasteiger partial charge in [0.2, 0.25) is 0 Å². The van der Waals surface area contributed by atoms with Crippen LogP contribution >= 0.6 is 27.5 Å². The number of hydrogen-bond acceptors (Lipinski definition) is 1. The fourth-order valence-corrected chi connectivity index (χ4v) is 1.02. The molecule has 1 nitrogen and oxygen atoms in total. The number of halogens is 2. The molecule has 0 saturated heterocycles. The van der Waals surface area contributed by atoms with Gasteiger partial charge in [0.15, 0.2) is 0 Å². The maximum atomic E-state index is 5.59. The first-order chi connectivity index (χ1) is 6.20. The van der Waals surface area contributed by atoms with Crippen molar-refractivity contribution in [3.8, 4) is 0 Å². The molecular weight excluding hydrogens is 276 g/mol. The van der Waals surface area contributed by atoms with Gasteiger partial charge in [0, 0.05) is 22.7 Å². The van der Waals surface area contributed by atoms with Crippen LogP contribution in [-0.2, 0) is 4.74 Å². The van der Waals surface area contributed by atoms with Crippen LogP contribution in [0.3, 0.4) is 0 Å². The van der Waals surface area contributed by atoms with Crippen molar-refractivity contribution in [1.29, 1.82) is 0 Å². The zero-order valence-electron chi connectivity index (χ0n) is 10.6. The van der Waals surface area contributed by atoms with E-state index in [4.69, 9.17) is 16.3 Å². The molecule has 0 aliphatic carbocycles. The molecule has 0 aromatic heterocycles. The normalized spacial score (nSPS) is 8.29. The molecule has 0 heterocycles. The van der Waals surface area contributed by atoms with Crippen LogP contribution in [0, 0.1) is 0 Å². The fourth-order valence-electron chi connectivity index (χ4n) is 0.634. The van der Waals surface area contributed by atoms with E-state index in [1.165, 1.54) is 0 Å². The summed E-state index contributed by atoms with van der Waals surface area (Å²) in [5.74, 6) is 0. The summed E-state index contributed by atoms with van der Waals surface area (Å²) < 4.78 is 5.89. The maximum absolute atomic E-state index is 5.59. The van der Waals surface area contributed by atoms with Gasteiger partial charge in [0.1, 0.15) is 0 Å². The Labute approximate surface area is 118 Å². The van der Waals surface area contributed by atoms with E-state index in [1.54, 1.807) is 0 Å². The molecule has 0 spiro atoms. The number of hydrogen-bond donors (Lipinski definition) is 0. The molecule has 1 aromatic rings. The number of rotatable bonds is 2. The Morgan fingerprint density at radius 1 is 1.21 bits per heavy atom. The van der Waals surface area contributed by atoms with E-state index >= 15 is 0 Å². The van der Waals surface area contributed by atoms with E-state index < -0.39 is 0 Å². The third kappa shape index (κ3) is 10.8. The van der Waals surface area contributed by atoms with Crippen molar-refractivity contribution in [2.75, 3.05) is 13.2 Å². The second-order valence-electron chi connectivity index (χ2n) is 2.22. The van der Waals surface area contributed by atoms with Gasteiger partial charge in [0.25, 0.3) is 0 Å². The van der Waals surface area contributed by atoms with Crippen LogP contribution in [-0.4, -0.2) is 36.3 Å². The second-order valence-corrected chi connectivity index (χ2v) is 3.57. The second kappa shape index (κ2) is 11.8. The van der Waals surface area contributed by atoms with Crippen molar-refractivity contribution in [2.45, 2.75) is 13.8 Å². The Balaban J connectivity index is -0.0000000818. The molecule has 1 aromatic carbocycles. The summed E-state index contributed by atoms with van der Waals surface area (Å²) in [6.07, 6.45) is 0. The molecule has 0 fully saturated rings. The minimum atomic E-state index is 0. The predicted molar refractivity (Wildman–Crippen MR) is 69.3 cm³/mol. The smallest absolute Gasteiger partial charge is 1.00 e. The first-order valence-corrected chi connectivity index (χ1v) is 5.36. The van der Waals surface area contributed by atoms with Gasteiger partial charge in [-0.25, -0.2) is 0 Å². The molecule has 0 amide bonds. The standard InChI is InChI=1S/C6H4BrCl.C4H10O.Mg.2H/c7-5-1-3-6(8)4-2-5;1-3-5-4-2;;;/h1-4H;3-4H2,1-2H3;;;/q;;+2;2*-1. The molecule has 0 aliphatic rings. The summed E-state index contributed by atoms with van der Waals surface area (Å²) in [5.41, 5.74) is 0. The van der Waals surface area contributed by atoms with E-state index in [0.29, 0.717) is 0 Å². The molecule has 0 N–H and O–H groups in total. The summed E-state index contributed by atoms with van der Waals surface area (Å²) in [5, 5.41) is 0.771. The third-order valence-electron chi connectivity index (χ3n) is 1.21. The Kier molecular flexibility index (Phi) is 14.4. The Bertz CT molecular complexity index is 202. The van der Waals surface area contributed by atoms with Crippen molar-refractivity contribution in [3.05, 3.63) is 33.8 Å². The van der Waals surface area contributed by atoms with Gasteiger partial charge >= 0.3 is 23.1 Å². The molecule has 14 heavy (non-hydrogen) atoms. The minimum absolute atomic E-state index is 0. The Morgan fingerprint density at radius 3 is 1.86 bits per heavy atom. The topological polar surface area (TPSA) is 9.23 Å². The zero-order chi connectivity index (χ0) is 10.1. The van der Waals surface area contributed by atoms with Gasteiger partial charge in [-0.2, -0.15) is 0 Å². The van der Waals surface area contributed by atoms with E-state index in [0.717, 1.165) is 22.7 Å². The SMILES string of the molecule is CCOCC.Clc1ccc(Br)cc1.[H-].[H-].[Mg+2]. The number of ether oxygens (including phenoxy) is 1. The van der Waals surface area contributed by atoms with E-state index in [1.807, 2.05) is 38.1 Å². The Morgan fingerprint density at radius 2 is 1.64 bits per heavy atom. The molecule has 0 bridgehead atoms. The van der Waals surface area contributed by atoms with Crippen molar-refractivity contribution >= 4 is 50.6 Å². The van der Waals surface area contributed by atoms with E-state index in [-0.39, 0.29) is 25.9 Å². The van der Waals surface area contributed by atoms with Gasteiger partial charge < -0.3 is 7.59 Å². The largest absolute Gasteiger partial charge is 2.00 e. The van der Waals surface area contributed by atoms with Gasteiger partial charge in [-0.3, -0.25) is 0 Å². The van der Waals surface area contributed by atoms with Crippen LogP contribution < -0.4 is 0 Å². The summed E-state index contributed by atoms with van der Waals surface area (Å²) in [6.45, 7) is 5.67. The van der Waals surface area contributed by atoms with Crippen LogP contribution in [0.2, 0.25) is 5.02 Å². The van der Waals surface area contributed by atoms with E-state index in [2.05, 4.69) is 15.9 Å². The van der Waals surface area contributed by atoms with Crippen molar-refractivity contribution < 1.29 is 7.59 Å². The number of benzene rings is 1. The first-order valence-electron chi connectivity index (χ1n) is 4.19. The van der Waals surface area contributed by atoms with Crippen LogP contribution in [0.15, 0.2) is 28.7 Å². The van der Waals surface area contributed by atoms with Crippen LogP contribution in [0.5, 0.6) is 0 Å². The molecular formula is C10H16BrClMgO. The van der Waals surface area contributed by atoms with Crippen LogP contribution in [0.1, 0.15) is 16.7 Å². The summed E-state index contributed by atoms with van der Waals surface area (Å²) >= 11 is 8.88. The molecule has 0 atom stereocenters. The van der Waals surface area contributed by atoms with Crippen LogP contribution in [0.25, 0.3) is 0 Å². The summed E-state index contributed by atoms with van der Waals surface area (Å²) in [6, 6.07) is 7.49. The minimum Gasteiger partial charge on any atom is -1.00 e. The monoisotopic (exact) mass is 290 g/mol. The van der Waals surface area contributed by atoms with Gasteiger partial charge in [-0.1, -0.05) is 27.5 Å².